The number of ether oxygens (including phenoxy) is 1. The molecule has 1 aliphatic rings. The maximum Gasteiger partial charge on any atom is 0.313 e. The Hall–Kier alpha value is -1.42. The number of carbonyl (C=O) groups is 1. The van der Waals surface area contributed by atoms with Gasteiger partial charge in [0, 0.05) is 6.61 Å². The predicted octanol–water partition coefficient (Wildman–Crippen LogP) is 2.42. The summed E-state index contributed by atoms with van der Waals surface area (Å²) in [4.78, 5) is 11.1. The van der Waals surface area contributed by atoms with Crippen LogP contribution in [0, 0.1) is 11.7 Å². The minimum absolute atomic E-state index is 0.150. The monoisotopic (exact) mass is 238 g/mol. The lowest BCUT2D eigenvalue weighted by Crippen LogP contribution is -2.18. The lowest BCUT2D eigenvalue weighted by Gasteiger charge is -2.13. The third kappa shape index (κ3) is 3.53. The summed E-state index contributed by atoms with van der Waals surface area (Å²) < 4.78 is 18.1. The van der Waals surface area contributed by atoms with E-state index in [9.17, 15) is 9.18 Å². The molecule has 17 heavy (non-hydrogen) atoms. The van der Waals surface area contributed by atoms with Crippen LogP contribution in [-0.4, -0.2) is 24.3 Å². The summed E-state index contributed by atoms with van der Waals surface area (Å²) in [5.41, 5.74) is 0.578. The molecule has 0 aliphatic heterocycles. The average molecular weight is 238 g/mol. The zero-order valence-corrected chi connectivity index (χ0v) is 9.43. The van der Waals surface area contributed by atoms with Crippen LogP contribution in [0.4, 0.5) is 4.39 Å². The molecule has 0 bridgehead atoms. The van der Waals surface area contributed by atoms with E-state index < -0.39 is 11.9 Å². The largest absolute Gasteiger partial charge is 0.481 e. The fourth-order valence-corrected chi connectivity index (χ4v) is 1.64. The van der Waals surface area contributed by atoms with Gasteiger partial charge in [0.15, 0.2) is 0 Å². The third-order valence-electron chi connectivity index (χ3n) is 2.91. The minimum atomic E-state index is -0.938. The third-order valence-corrected chi connectivity index (χ3v) is 2.91. The second kappa shape index (κ2) is 5.27. The van der Waals surface area contributed by atoms with Gasteiger partial charge in [0.2, 0.25) is 0 Å². The molecule has 1 N–H and O–H groups in total. The molecule has 1 atom stereocenters. The van der Waals surface area contributed by atoms with E-state index in [4.69, 9.17) is 9.84 Å². The highest BCUT2D eigenvalue weighted by molar-refractivity contribution is 5.76. The zero-order chi connectivity index (χ0) is 12.3. The Balaban J connectivity index is 1.95. The number of carboxylic acids is 1. The van der Waals surface area contributed by atoms with E-state index in [1.54, 1.807) is 0 Å². The molecule has 92 valence electrons. The molecule has 2 rings (SSSR count). The lowest BCUT2D eigenvalue weighted by molar-refractivity contribution is -0.140. The highest BCUT2D eigenvalue weighted by atomic mass is 19.1. The Morgan fingerprint density at radius 1 is 1.41 bits per heavy atom. The minimum Gasteiger partial charge on any atom is -0.481 e. The highest BCUT2D eigenvalue weighted by Crippen LogP contribution is 2.29. The molecule has 1 unspecified atom stereocenters. The van der Waals surface area contributed by atoms with Crippen molar-refractivity contribution in [2.45, 2.75) is 18.8 Å². The number of carboxylic acid groups (broad SMARTS) is 1. The maximum atomic E-state index is 12.7. The van der Waals surface area contributed by atoms with Crippen LogP contribution in [0.25, 0.3) is 0 Å². The van der Waals surface area contributed by atoms with Crippen LogP contribution in [0.3, 0.4) is 0 Å². The van der Waals surface area contributed by atoms with E-state index in [0.29, 0.717) is 18.1 Å². The molecule has 0 amide bonds. The fourth-order valence-electron chi connectivity index (χ4n) is 1.64. The number of rotatable bonds is 6. The van der Waals surface area contributed by atoms with Crippen LogP contribution < -0.4 is 0 Å². The molecule has 1 aromatic carbocycles. The standard InChI is InChI=1S/C13H15FO3/c14-11-5-3-10(4-6-11)12(13(15)16)8-17-7-9-1-2-9/h3-6,9,12H,1-2,7-8H2,(H,15,16). The van der Waals surface area contributed by atoms with E-state index in [-0.39, 0.29) is 12.4 Å². The van der Waals surface area contributed by atoms with Crippen molar-refractivity contribution in [1.82, 2.24) is 0 Å². The van der Waals surface area contributed by atoms with Crippen molar-refractivity contribution < 1.29 is 19.0 Å². The Labute approximate surface area is 99.2 Å². The summed E-state index contributed by atoms with van der Waals surface area (Å²) in [6.07, 6.45) is 2.35. The fraction of sp³-hybridized carbons (Fsp3) is 0.462. The van der Waals surface area contributed by atoms with Crippen molar-refractivity contribution in [3.05, 3.63) is 35.6 Å². The first-order valence-corrected chi connectivity index (χ1v) is 5.73. The van der Waals surface area contributed by atoms with E-state index in [2.05, 4.69) is 0 Å². The Bertz CT molecular complexity index is 384. The summed E-state index contributed by atoms with van der Waals surface area (Å²) in [6.45, 7) is 0.780. The molecule has 0 heterocycles. The topological polar surface area (TPSA) is 46.5 Å². The van der Waals surface area contributed by atoms with Gasteiger partial charge >= 0.3 is 5.97 Å². The van der Waals surface area contributed by atoms with Gasteiger partial charge in [0.25, 0.3) is 0 Å². The number of benzene rings is 1. The van der Waals surface area contributed by atoms with Crippen molar-refractivity contribution in [2.24, 2.45) is 5.92 Å². The van der Waals surface area contributed by atoms with Crippen LogP contribution in [-0.2, 0) is 9.53 Å². The lowest BCUT2D eigenvalue weighted by atomic mass is 10.0. The molecule has 3 nitrogen and oxygen atoms in total. The van der Waals surface area contributed by atoms with Gasteiger partial charge in [-0.15, -0.1) is 0 Å². The first-order chi connectivity index (χ1) is 8.16. The molecule has 1 fully saturated rings. The van der Waals surface area contributed by atoms with Gasteiger partial charge in [-0.2, -0.15) is 0 Å². The number of hydrogen-bond donors (Lipinski definition) is 1. The Morgan fingerprint density at radius 3 is 2.59 bits per heavy atom. The van der Waals surface area contributed by atoms with Crippen LogP contribution in [0.2, 0.25) is 0 Å². The molecule has 0 radical (unpaired) electrons. The molecule has 0 aromatic heterocycles. The summed E-state index contributed by atoms with van der Waals surface area (Å²) in [7, 11) is 0. The van der Waals surface area contributed by atoms with Gasteiger partial charge in [-0.05, 0) is 36.5 Å². The predicted molar refractivity (Wildman–Crippen MR) is 60.3 cm³/mol. The second-order valence-corrected chi connectivity index (χ2v) is 4.42. The van der Waals surface area contributed by atoms with Crippen molar-refractivity contribution in [3.8, 4) is 0 Å². The van der Waals surface area contributed by atoms with Gasteiger partial charge in [-0.1, -0.05) is 12.1 Å². The van der Waals surface area contributed by atoms with Crippen LogP contribution >= 0.6 is 0 Å². The molecule has 1 aromatic rings. The van der Waals surface area contributed by atoms with Gasteiger partial charge in [-0.3, -0.25) is 4.79 Å². The molecular weight excluding hydrogens is 223 g/mol. The Kier molecular flexibility index (Phi) is 3.74. The van der Waals surface area contributed by atoms with Crippen LogP contribution in [0.1, 0.15) is 24.3 Å². The highest BCUT2D eigenvalue weighted by Gasteiger charge is 2.24. The quantitative estimate of drug-likeness (QED) is 0.827. The van der Waals surface area contributed by atoms with Gasteiger partial charge in [-0.25, -0.2) is 4.39 Å². The average Bonchev–Trinajstić information content (AvgIpc) is 3.09. The molecule has 0 saturated heterocycles. The molecule has 1 aliphatic carbocycles. The van der Waals surface area contributed by atoms with Crippen LogP contribution in [0.15, 0.2) is 24.3 Å². The number of halogens is 1. The van der Waals surface area contributed by atoms with E-state index >= 15 is 0 Å². The normalized spacial score (nSPS) is 16.8. The van der Waals surface area contributed by atoms with Gasteiger partial charge in [0.1, 0.15) is 11.7 Å². The van der Waals surface area contributed by atoms with E-state index in [1.807, 2.05) is 0 Å². The van der Waals surface area contributed by atoms with Crippen molar-refractivity contribution in [1.29, 1.82) is 0 Å². The molecular formula is C13H15FO3. The second-order valence-electron chi connectivity index (χ2n) is 4.42. The zero-order valence-electron chi connectivity index (χ0n) is 9.43. The van der Waals surface area contributed by atoms with E-state index in [1.165, 1.54) is 37.1 Å². The van der Waals surface area contributed by atoms with Crippen molar-refractivity contribution >= 4 is 5.97 Å². The molecule has 0 spiro atoms. The maximum absolute atomic E-state index is 12.7. The van der Waals surface area contributed by atoms with Crippen LogP contribution in [0.5, 0.6) is 0 Å². The summed E-state index contributed by atoms with van der Waals surface area (Å²) in [5.74, 6) is -1.41. The SMILES string of the molecule is O=C(O)C(COCC1CC1)c1ccc(F)cc1. The van der Waals surface area contributed by atoms with E-state index in [0.717, 1.165) is 0 Å². The summed E-state index contributed by atoms with van der Waals surface area (Å²) >= 11 is 0. The smallest absolute Gasteiger partial charge is 0.313 e. The van der Waals surface area contributed by atoms with Gasteiger partial charge in [0.05, 0.1) is 6.61 Å². The molecule has 4 heteroatoms. The number of hydrogen-bond acceptors (Lipinski definition) is 2. The number of aliphatic carboxylic acids is 1. The van der Waals surface area contributed by atoms with Crippen molar-refractivity contribution in [3.63, 3.8) is 0 Å². The molecule has 1 saturated carbocycles. The Morgan fingerprint density at radius 2 is 2.06 bits per heavy atom. The van der Waals surface area contributed by atoms with Crippen molar-refractivity contribution in [2.75, 3.05) is 13.2 Å². The van der Waals surface area contributed by atoms with Gasteiger partial charge < -0.3 is 9.84 Å². The first-order valence-electron chi connectivity index (χ1n) is 5.73. The first kappa shape index (κ1) is 12.0. The summed E-state index contributed by atoms with van der Waals surface area (Å²) in [6, 6.07) is 5.53. The summed E-state index contributed by atoms with van der Waals surface area (Å²) in [5, 5.41) is 9.10.